The molecule has 1 N–H and O–H groups in total. The topological polar surface area (TPSA) is 67.2 Å². The largest absolute Gasteiger partial charge is 0.354 e. The van der Waals surface area contributed by atoms with Gasteiger partial charge in [0.15, 0.2) is 0 Å². The molecule has 24 heavy (non-hydrogen) atoms. The van der Waals surface area contributed by atoms with Gasteiger partial charge in [-0.3, -0.25) is 14.3 Å². The first-order valence-electron chi connectivity index (χ1n) is 8.05. The van der Waals surface area contributed by atoms with Gasteiger partial charge in [0.05, 0.1) is 12.2 Å². The van der Waals surface area contributed by atoms with Gasteiger partial charge in [0.25, 0.3) is 5.91 Å². The van der Waals surface area contributed by atoms with Gasteiger partial charge >= 0.3 is 0 Å². The highest BCUT2D eigenvalue weighted by Crippen LogP contribution is 2.03. The second-order valence-electron chi connectivity index (χ2n) is 5.88. The van der Waals surface area contributed by atoms with E-state index < -0.39 is 0 Å². The minimum atomic E-state index is -0.159. The van der Waals surface area contributed by atoms with Crippen molar-refractivity contribution in [2.45, 2.75) is 26.8 Å². The van der Waals surface area contributed by atoms with Crippen LogP contribution in [0.1, 0.15) is 28.2 Å². The third-order valence-corrected chi connectivity index (χ3v) is 3.72. The minimum absolute atomic E-state index is 0.0492. The molecule has 128 valence electrons. The molecular weight excluding hydrogens is 304 g/mol. The molecule has 0 aliphatic heterocycles. The highest BCUT2D eigenvalue weighted by atomic mass is 16.2. The van der Waals surface area contributed by atoms with Crippen LogP contribution < -0.4 is 5.32 Å². The zero-order valence-electron chi connectivity index (χ0n) is 14.5. The average Bonchev–Trinajstić information content (AvgIpc) is 2.89. The Morgan fingerprint density at radius 2 is 1.92 bits per heavy atom. The van der Waals surface area contributed by atoms with Crippen LogP contribution in [0.15, 0.2) is 36.4 Å². The summed E-state index contributed by atoms with van der Waals surface area (Å²) in [6, 6.07) is 11.0. The van der Waals surface area contributed by atoms with Crippen molar-refractivity contribution in [3.8, 4) is 0 Å². The van der Waals surface area contributed by atoms with E-state index >= 15 is 0 Å². The van der Waals surface area contributed by atoms with Crippen molar-refractivity contribution < 1.29 is 9.59 Å². The Kier molecular flexibility index (Phi) is 6.12. The molecule has 0 atom stereocenters. The molecule has 0 fully saturated rings. The van der Waals surface area contributed by atoms with Gasteiger partial charge in [-0.2, -0.15) is 5.10 Å². The molecule has 0 saturated carbocycles. The van der Waals surface area contributed by atoms with E-state index in [1.165, 1.54) is 4.90 Å². The first-order chi connectivity index (χ1) is 11.5. The van der Waals surface area contributed by atoms with E-state index in [2.05, 4.69) is 10.4 Å². The van der Waals surface area contributed by atoms with Gasteiger partial charge in [-0.1, -0.05) is 18.2 Å². The number of likely N-dealkylation sites (N-methyl/N-ethyl adjacent to an activating group) is 1. The van der Waals surface area contributed by atoms with Gasteiger partial charge < -0.3 is 10.2 Å². The molecule has 0 aliphatic carbocycles. The highest BCUT2D eigenvalue weighted by Gasteiger charge is 2.14. The molecule has 1 heterocycles. The minimum Gasteiger partial charge on any atom is -0.354 e. The summed E-state index contributed by atoms with van der Waals surface area (Å²) in [6.45, 7) is 5.35. The number of carbonyl (C=O) groups is 2. The lowest BCUT2D eigenvalue weighted by atomic mass is 10.2. The third-order valence-electron chi connectivity index (χ3n) is 3.72. The van der Waals surface area contributed by atoms with Crippen molar-refractivity contribution in [1.82, 2.24) is 20.0 Å². The predicted molar refractivity (Wildman–Crippen MR) is 92.7 cm³/mol. The molecule has 2 amide bonds. The van der Waals surface area contributed by atoms with Crippen molar-refractivity contribution in [2.75, 3.05) is 20.1 Å². The first-order valence-corrected chi connectivity index (χ1v) is 8.05. The lowest BCUT2D eigenvalue weighted by Crippen LogP contribution is -2.38. The highest BCUT2D eigenvalue weighted by molar-refractivity contribution is 5.96. The van der Waals surface area contributed by atoms with E-state index in [0.717, 1.165) is 24.4 Å². The van der Waals surface area contributed by atoms with Gasteiger partial charge in [-0.15, -0.1) is 0 Å². The summed E-state index contributed by atoms with van der Waals surface area (Å²) in [7, 11) is 1.63. The molecule has 6 heteroatoms. The quantitative estimate of drug-likeness (QED) is 0.788. The van der Waals surface area contributed by atoms with Gasteiger partial charge in [0, 0.05) is 31.4 Å². The Bertz CT molecular complexity index is 694. The molecule has 0 unspecified atom stereocenters. The van der Waals surface area contributed by atoms with E-state index in [1.807, 2.05) is 30.7 Å². The van der Waals surface area contributed by atoms with Crippen molar-refractivity contribution in [2.24, 2.45) is 0 Å². The number of hydrogen-bond donors (Lipinski definition) is 1. The molecule has 0 saturated heterocycles. The number of aromatic nitrogens is 2. The van der Waals surface area contributed by atoms with Crippen LogP contribution in [0.4, 0.5) is 0 Å². The lowest BCUT2D eigenvalue weighted by Gasteiger charge is -2.17. The van der Waals surface area contributed by atoms with Crippen LogP contribution in [0, 0.1) is 13.8 Å². The van der Waals surface area contributed by atoms with Crippen molar-refractivity contribution in [1.29, 1.82) is 0 Å². The second kappa shape index (κ2) is 8.29. The maximum absolute atomic E-state index is 12.2. The monoisotopic (exact) mass is 328 g/mol. The van der Waals surface area contributed by atoms with Crippen LogP contribution >= 0.6 is 0 Å². The van der Waals surface area contributed by atoms with Gasteiger partial charge in [0.2, 0.25) is 5.91 Å². The third kappa shape index (κ3) is 4.94. The van der Waals surface area contributed by atoms with Crippen LogP contribution in [-0.2, 0) is 11.3 Å². The number of amides is 2. The molecule has 0 radical (unpaired) electrons. The number of nitrogens with one attached hydrogen (secondary N) is 1. The second-order valence-corrected chi connectivity index (χ2v) is 5.88. The Hall–Kier alpha value is -2.63. The summed E-state index contributed by atoms with van der Waals surface area (Å²) in [5.41, 5.74) is 2.70. The summed E-state index contributed by atoms with van der Waals surface area (Å²) < 4.78 is 1.94. The number of nitrogens with zero attached hydrogens (tertiary/aromatic N) is 3. The molecule has 0 bridgehead atoms. The molecule has 2 rings (SSSR count). The van der Waals surface area contributed by atoms with Crippen molar-refractivity contribution in [3.63, 3.8) is 0 Å². The summed E-state index contributed by atoms with van der Waals surface area (Å²) in [5.74, 6) is -0.316. The standard InChI is InChI=1S/C18H24N4O2/c1-14-12-15(2)22(20-14)11-7-10-19-17(23)13-21(3)18(24)16-8-5-4-6-9-16/h4-6,8-9,12H,7,10-11,13H2,1-3H3,(H,19,23). The van der Waals surface area contributed by atoms with Gasteiger partial charge in [0.1, 0.15) is 0 Å². The molecule has 0 aliphatic rings. The fraction of sp³-hybridized carbons (Fsp3) is 0.389. The van der Waals surface area contributed by atoms with Crippen LogP contribution in [0.2, 0.25) is 0 Å². The number of carbonyl (C=O) groups excluding carboxylic acids is 2. The summed E-state index contributed by atoms with van der Waals surface area (Å²) >= 11 is 0. The number of benzene rings is 1. The summed E-state index contributed by atoms with van der Waals surface area (Å²) in [6.07, 6.45) is 0.796. The van der Waals surface area contributed by atoms with Crippen LogP contribution in [0.5, 0.6) is 0 Å². The average molecular weight is 328 g/mol. The molecule has 1 aromatic heterocycles. The molecule has 0 spiro atoms. The summed E-state index contributed by atoms with van der Waals surface area (Å²) in [4.78, 5) is 25.5. The Labute approximate surface area is 142 Å². The van der Waals surface area contributed by atoms with E-state index in [-0.39, 0.29) is 18.4 Å². The van der Waals surface area contributed by atoms with Crippen LogP contribution in [0.25, 0.3) is 0 Å². The fourth-order valence-corrected chi connectivity index (χ4v) is 2.50. The molecular formula is C18H24N4O2. The molecule has 1 aromatic carbocycles. The smallest absolute Gasteiger partial charge is 0.254 e. The van der Waals surface area contributed by atoms with Crippen molar-refractivity contribution in [3.05, 3.63) is 53.3 Å². The van der Waals surface area contributed by atoms with E-state index in [1.54, 1.807) is 31.3 Å². The lowest BCUT2D eigenvalue weighted by molar-refractivity contribution is -0.121. The zero-order chi connectivity index (χ0) is 17.5. The Balaban J connectivity index is 1.71. The van der Waals surface area contributed by atoms with E-state index in [4.69, 9.17) is 0 Å². The predicted octanol–water partition coefficient (Wildman–Crippen LogP) is 1.78. The number of rotatable bonds is 7. The fourth-order valence-electron chi connectivity index (χ4n) is 2.50. The number of aryl methyl sites for hydroxylation is 3. The van der Waals surface area contributed by atoms with E-state index in [9.17, 15) is 9.59 Å². The molecule has 2 aromatic rings. The van der Waals surface area contributed by atoms with E-state index in [0.29, 0.717) is 12.1 Å². The summed E-state index contributed by atoms with van der Waals surface area (Å²) in [5, 5.41) is 7.23. The maximum atomic E-state index is 12.2. The SMILES string of the molecule is Cc1cc(C)n(CCCNC(=O)CN(C)C(=O)c2ccccc2)n1. The molecule has 6 nitrogen and oxygen atoms in total. The maximum Gasteiger partial charge on any atom is 0.254 e. The number of hydrogen-bond acceptors (Lipinski definition) is 3. The Morgan fingerprint density at radius 1 is 1.21 bits per heavy atom. The van der Waals surface area contributed by atoms with Crippen LogP contribution in [-0.4, -0.2) is 46.6 Å². The van der Waals surface area contributed by atoms with Crippen molar-refractivity contribution >= 4 is 11.8 Å². The van der Waals surface area contributed by atoms with Gasteiger partial charge in [-0.05, 0) is 38.5 Å². The first kappa shape index (κ1) is 17.7. The van der Waals surface area contributed by atoms with Gasteiger partial charge in [-0.25, -0.2) is 0 Å². The Morgan fingerprint density at radius 3 is 2.54 bits per heavy atom. The van der Waals surface area contributed by atoms with Crippen LogP contribution in [0.3, 0.4) is 0 Å². The normalized spacial score (nSPS) is 10.5. The zero-order valence-corrected chi connectivity index (χ0v) is 14.5.